The molecule has 0 aliphatic carbocycles. The van der Waals surface area contributed by atoms with Crippen molar-refractivity contribution in [1.29, 1.82) is 0 Å². The zero-order valence-corrected chi connectivity index (χ0v) is 21.2. The van der Waals surface area contributed by atoms with Crippen molar-refractivity contribution >= 4 is 25.9 Å². The molecule has 1 aromatic carbocycles. The maximum absolute atomic E-state index is 12.0. The highest BCUT2D eigenvalue weighted by Crippen LogP contribution is 2.40. The molecule has 1 rings (SSSR count). The van der Waals surface area contributed by atoms with Crippen molar-refractivity contribution in [1.82, 2.24) is 0 Å². The third kappa shape index (κ3) is 11.4. The Hall–Kier alpha value is -1.75. The van der Waals surface area contributed by atoms with Gasteiger partial charge in [-0.15, -0.1) is 0 Å². The first-order valence-electron chi connectivity index (χ1n) is 10.6. The number of ketones is 2. The molecule has 0 amide bonds. The Morgan fingerprint density at radius 3 is 1.81 bits per heavy atom. The van der Waals surface area contributed by atoms with Gasteiger partial charge in [0.2, 0.25) is 0 Å². The molecule has 0 aliphatic rings. The summed E-state index contributed by atoms with van der Waals surface area (Å²) < 4.78 is 14.8. The van der Waals surface area contributed by atoms with E-state index in [0.717, 1.165) is 16.7 Å². The first-order chi connectivity index (χ1) is 14.1. The number of carbonyl (C=O) groups excluding carboxylic acids is 2. The number of benzene rings is 1. The number of allylic oxidation sites excluding steroid dienone is 1. The molecule has 0 bridgehead atoms. The predicted octanol–water partition coefficient (Wildman–Crippen LogP) is 5.73. The van der Waals surface area contributed by atoms with Crippen molar-refractivity contribution in [3.8, 4) is 5.75 Å². The minimum Gasteiger partial charge on any atom is -0.507 e. The third-order valence-corrected chi connectivity index (χ3v) is 4.83. The van der Waals surface area contributed by atoms with E-state index in [0.29, 0.717) is 0 Å². The van der Waals surface area contributed by atoms with Crippen LogP contribution in [-0.4, -0.2) is 28.2 Å². The standard InChI is InChI=1S/C20H29O6P.C4H10/c1-19(2,3)16-9-13(10-17(18(16)23)20(4,5)6)7-8-14(21)11-15(22)12-26-27(24)25;1-3-4-2/h7-10,23,27H,11-12H2,1-6H3,(H,24,25);3-4H2,1-2H3/b8-7+;. The van der Waals surface area contributed by atoms with Crippen molar-refractivity contribution in [3.63, 3.8) is 0 Å². The molecule has 2 N–H and O–H groups in total. The highest BCUT2D eigenvalue weighted by Gasteiger charge is 2.26. The second-order valence-corrected chi connectivity index (χ2v) is 10.4. The molecule has 1 atom stereocenters. The molecule has 1 aromatic rings. The summed E-state index contributed by atoms with van der Waals surface area (Å²) in [6.45, 7) is 15.8. The van der Waals surface area contributed by atoms with Crippen molar-refractivity contribution in [2.24, 2.45) is 0 Å². The normalized spacial score (nSPS) is 12.9. The number of aromatic hydroxyl groups is 1. The summed E-state index contributed by atoms with van der Waals surface area (Å²) in [6, 6.07) is 3.66. The van der Waals surface area contributed by atoms with Gasteiger partial charge in [0.15, 0.2) is 11.6 Å². The van der Waals surface area contributed by atoms with Crippen LogP contribution in [0.4, 0.5) is 0 Å². The lowest BCUT2D eigenvalue weighted by atomic mass is 9.78. The Labute approximate surface area is 187 Å². The van der Waals surface area contributed by atoms with Crippen LogP contribution in [0.3, 0.4) is 0 Å². The van der Waals surface area contributed by atoms with Gasteiger partial charge in [0.1, 0.15) is 12.4 Å². The average Bonchev–Trinajstić information content (AvgIpc) is 2.63. The van der Waals surface area contributed by atoms with Crippen LogP contribution in [0.25, 0.3) is 6.08 Å². The maximum Gasteiger partial charge on any atom is 0.317 e. The minimum atomic E-state index is -3.18. The first kappa shape index (κ1) is 29.2. The van der Waals surface area contributed by atoms with Crippen molar-refractivity contribution < 1.29 is 28.7 Å². The lowest BCUT2D eigenvalue weighted by molar-refractivity contribution is -0.126. The second kappa shape index (κ2) is 12.9. The Balaban J connectivity index is 0.00000206. The fourth-order valence-electron chi connectivity index (χ4n) is 2.53. The van der Waals surface area contributed by atoms with Gasteiger partial charge >= 0.3 is 8.25 Å². The molecule has 6 nitrogen and oxygen atoms in total. The molecule has 0 aliphatic heterocycles. The fraction of sp³-hybridized carbons (Fsp3) is 0.583. The third-order valence-electron chi connectivity index (χ3n) is 4.44. The monoisotopic (exact) mass is 454 g/mol. The van der Waals surface area contributed by atoms with Gasteiger partial charge in [0.25, 0.3) is 0 Å². The molecular weight excluding hydrogens is 415 g/mol. The highest BCUT2D eigenvalue weighted by molar-refractivity contribution is 7.32. The van der Waals surface area contributed by atoms with Gasteiger partial charge in [-0.3, -0.25) is 14.2 Å². The van der Waals surface area contributed by atoms with Crippen LogP contribution in [0.2, 0.25) is 0 Å². The molecule has 0 radical (unpaired) electrons. The largest absolute Gasteiger partial charge is 0.507 e. The molecule has 0 heterocycles. The van der Waals surface area contributed by atoms with Gasteiger partial charge in [0, 0.05) is 11.1 Å². The Morgan fingerprint density at radius 1 is 1.00 bits per heavy atom. The van der Waals surface area contributed by atoms with Gasteiger partial charge in [-0.1, -0.05) is 74.3 Å². The van der Waals surface area contributed by atoms with Crippen LogP contribution in [0, 0.1) is 0 Å². The van der Waals surface area contributed by atoms with Crippen LogP contribution in [0.1, 0.15) is 91.3 Å². The van der Waals surface area contributed by atoms with E-state index in [1.807, 2.05) is 53.7 Å². The smallest absolute Gasteiger partial charge is 0.317 e. The molecule has 31 heavy (non-hydrogen) atoms. The Bertz CT molecular complexity index is 760. The molecule has 0 saturated heterocycles. The number of hydrogen-bond donors (Lipinski definition) is 2. The average molecular weight is 455 g/mol. The van der Waals surface area contributed by atoms with Crippen molar-refractivity contribution in [2.75, 3.05) is 6.61 Å². The zero-order valence-electron chi connectivity index (χ0n) is 20.2. The topological polar surface area (TPSA) is 101 Å². The summed E-state index contributed by atoms with van der Waals surface area (Å²) in [5.74, 6) is -0.734. The van der Waals surface area contributed by atoms with E-state index in [1.54, 1.807) is 6.08 Å². The molecule has 0 aromatic heterocycles. The van der Waals surface area contributed by atoms with Gasteiger partial charge in [0.05, 0.1) is 6.42 Å². The lowest BCUT2D eigenvalue weighted by Gasteiger charge is -2.27. The summed E-state index contributed by atoms with van der Waals surface area (Å²) >= 11 is 0. The molecule has 7 heteroatoms. The van der Waals surface area contributed by atoms with Crippen LogP contribution < -0.4 is 0 Å². The van der Waals surface area contributed by atoms with Gasteiger partial charge in [-0.25, -0.2) is 0 Å². The number of phenolic OH excluding ortho intramolecular Hbond substituents is 1. The van der Waals surface area contributed by atoms with Gasteiger partial charge < -0.3 is 14.5 Å². The van der Waals surface area contributed by atoms with Crippen LogP contribution in [-0.2, 0) is 29.5 Å². The molecule has 1 unspecified atom stereocenters. The van der Waals surface area contributed by atoms with Gasteiger partial charge in [-0.05, 0) is 34.6 Å². The van der Waals surface area contributed by atoms with Crippen LogP contribution in [0.5, 0.6) is 5.75 Å². The minimum absolute atomic E-state index is 0.255. The molecule has 0 saturated carbocycles. The quantitative estimate of drug-likeness (QED) is 0.295. The second-order valence-electron chi connectivity index (χ2n) is 9.53. The van der Waals surface area contributed by atoms with E-state index in [9.17, 15) is 19.3 Å². The zero-order chi connectivity index (χ0) is 24.4. The molecule has 0 spiro atoms. The summed E-state index contributed by atoms with van der Waals surface area (Å²) in [5, 5.41) is 10.7. The number of unbranched alkanes of at least 4 members (excludes halogenated alkanes) is 1. The van der Waals surface area contributed by atoms with Gasteiger partial charge in [-0.2, -0.15) is 0 Å². The fourth-order valence-corrected chi connectivity index (χ4v) is 2.82. The molecular formula is C24H39O6P. The molecule has 176 valence electrons. The van der Waals surface area contributed by atoms with E-state index >= 15 is 0 Å². The number of rotatable bonds is 8. The summed E-state index contributed by atoms with van der Waals surface area (Å²) in [5.41, 5.74) is 1.74. The Morgan fingerprint density at radius 2 is 1.45 bits per heavy atom. The van der Waals surface area contributed by atoms with E-state index in [-0.39, 0.29) is 16.6 Å². The number of hydrogen-bond acceptors (Lipinski definition) is 5. The van der Waals surface area contributed by atoms with Crippen LogP contribution >= 0.6 is 8.25 Å². The van der Waals surface area contributed by atoms with Crippen molar-refractivity contribution in [3.05, 3.63) is 34.9 Å². The summed E-state index contributed by atoms with van der Waals surface area (Å²) in [6.07, 6.45) is 5.14. The van der Waals surface area contributed by atoms with E-state index in [2.05, 4.69) is 18.4 Å². The number of phenols is 1. The van der Waals surface area contributed by atoms with Crippen LogP contribution in [0.15, 0.2) is 18.2 Å². The number of Topliss-reactive ketones (excluding diaryl/α,β-unsaturated/α-hetero) is 1. The number of carbonyl (C=O) groups is 2. The summed E-state index contributed by atoms with van der Waals surface area (Å²) in [4.78, 5) is 32.0. The maximum atomic E-state index is 12.0. The van der Waals surface area contributed by atoms with E-state index in [1.165, 1.54) is 18.9 Å². The van der Waals surface area contributed by atoms with E-state index < -0.39 is 32.8 Å². The Kier molecular flexibility index (Phi) is 12.2. The molecule has 0 fully saturated rings. The lowest BCUT2D eigenvalue weighted by Crippen LogP contribution is -2.17. The predicted molar refractivity (Wildman–Crippen MR) is 127 cm³/mol. The first-order valence-corrected chi connectivity index (χ1v) is 11.9. The summed E-state index contributed by atoms with van der Waals surface area (Å²) in [7, 11) is -3.18. The van der Waals surface area contributed by atoms with E-state index in [4.69, 9.17) is 4.89 Å². The SMILES string of the molecule is CC(C)(C)c1cc(/C=C/C(=O)CC(=O)CO[PH](=O)O)cc(C(C)(C)C)c1O.CCCC. The highest BCUT2D eigenvalue weighted by atomic mass is 31.1. The van der Waals surface area contributed by atoms with Crippen molar-refractivity contribution in [2.45, 2.75) is 85.5 Å².